The van der Waals surface area contributed by atoms with E-state index in [0.717, 1.165) is 29.5 Å². The number of piperazine rings is 1. The van der Waals surface area contributed by atoms with Gasteiger partial charge in [0.1, 0.15) is 16.5 Å². The molecule has 8 heteroatoms. The van der Waals surface area contributed by atoms with Crippen LogP contribution in [0.4, 0.5) is 10.1 Å². The van der Waals surface area contributed by atoms with Crippen LogP contribution in [-0.4, -0.2) is 47.0 Å². The third-order valence-corrected chi connectivity index (χ3v) is 7.71. The van der Waals surface area contributed by atoms with Crippen molar-refractivity contribution in [2.24, 2.45) is 0 Å². The van der Waals surface area contributed by atoms with Gasteiger partial charge in [0.25, 0.3) is 5.56 Å². The van der Waals surface area contributed by atoms with E-state index in [0.29, 0.717) is 50.5 Å². The summed E-state index contributed by atoms with van der Waals surface area (Å²) in [6, 6.07) is 6.74. The normalized spacial score (nSPS) is 16.8. The summed E-state index contributed by atoms with van der Waals surface area (Å²) in [5.74, 6) is 0.392. The fourth-order valence-electron chi connectivity index (χ4n) is 4.79. The van der Waals surface area contributed by atoms with Gasteiger partial charge in [-0.25, -0.2) is 9.37 Å². The van der Waals surface area contributed by atoms with Gasteiger partial charge >= 0.3 is 0 Å². The molecule has 0 spiro atoms. The number of aromatic nitrogens is 2. The van der Waals surface area contributed by atoms with E-state index in [9.17, 15) is 14.0 Å². The first-order valence-electron chi connectivity index (χ1n) is 11.4. The van der Waals surface area contributed by atoms with Crippen LogP contribution in [0.3, 0.4) is 0 Å². The largest absolute Gasteiger partial charge is 0.366 e. The van der Waals surface area contributed by atoms with Crippen molar-refractivity contribution in [3.8, 4) is 0 Å². The number of anilines is 1. The molecule has 1 N–H and O–H groups in total. The van der Waals surface area contributed by atoms with Crippen molar-refractivity contribution in [1.29, 1.82) is 0 Å². The summed E-state index contributed by atoms with van der Waals surface area (Å²) >= 11 is 1.64. The van der Waals surface area contributed by atoms with Gasteiger partial charge in [-0.15, -0.1) is 11.3 Å². The van der Waals surface area contributed by atoms with Crippen molar-refractivity contribution in [2.75, 3.05) is 31.1 Å². The highest BCUT2D eigenvalue weighted by molar-refractivity contribution is 7.18. The number of halogens is 1. The summed E-state index contributed by atoms with van der Waals surface area (Å²) in [7, 11) is 0. The Bertz CT molecular complexity index is 1200. The molecule has 1 amide bonds. The van der Waals surface area contributed by atoms with Gasteiger partial charge in [0.2, 0.25) is 5.91 Å². The van der Waals surface area contributed by atoms with Crippen molar-refractivity contribution < 1.29 is 9.18 Å². The minimum Gasteiger partial charge on any atom is -0.366 e. The first-order chi connectivity index (χ1) is 15.6. The van der Waals surface area contributed by atoms with Crippen molar-refractivity contribution in [1.82, 2.24) is 14.9 Å². The van der Waals surface area contributed by atoms with Gasteiger partial charge in [0.05, 0.1) is 11.1 Å². The van der Waals surface area contributed by atoms with Gasteiger partial charge in [0, 0.05) is 43.9 Å². The van der Waals surface area contributed by atoms with Crippen LogP contribution in [0.5, 0.6) is 0 Å². The maximum Gasteiger partial charge on any atom is 0.259 e. The molecule has 1 fully saturated rings. The Kier molecular flexibility index (Phi) is 5.95. The van der Waals surface area contributed by atoms with E-state index in [-0.39, 0.29) is 17.3 Å². The van der Waals surface area contributed by atoms with Crippen molar-refractivity contribution in [3.63, 3.8) is 0 Å². The number of hydrogen-bond donors (Lipinski definition) is 1. The minimum absolute atomic E-state index is 0.0443. The molecule has 0 atom stereocenters. The van der Waals surface area contributed by atoms with Gasteiger partial charge in [-0.1, -0.05) is 18.6 Å². The average molecular weight is 455 g/mol. The van der Waals surface area contributed by atoms with Crippen molar-refractivity contribution >= 4 is 33.1 Å². The Morgan fingerprint density at radius 1 is 1.09 bits per heavy atom. The molecular weight excluding hydrogens is 427 g/mol. The Hall–Kier alpha value is -2.74. The molecule has 0 bridgehead atoms. The number of para-hydroxylation sites is 1. The predicted octanol–water partition coefficient (Wildman–Crippen LogP) is 3.67. The summed E-state index contributed by atoms with van der Waals surface area (Å²) in [4.78, 5) is 39.0. The number of benzene rings is 1. The van der Waals surface area contributed by atoms with Crippen LogP contribution < -0.4 is 10.5 Å². The summed E-state index contributed by atoms with van der Waals surface area (Å²) < 4.78 is 14.0. The number of rotatable bonds is 4. The average Bonchev–Trinajstić information content (AvgIpc) is 3.00. The van der Waals surface area contributed by atoms with Crippen LogP contribution in [0.25, 0.3) is 10.2 Å². The first-order valence-corrected chi connectivity index (χ1v) is 12.2. The number of aryl methyl sites for hydroxylation is 3. The lowest BCUT2D eigenvalue weighted by molar-refractivity contribution is -0.131. The molecule has 2 aliphatic rings. The molecule has 6 nitrogen and oxygen atoms in total. The van der Waals surface area contributed by atoms with Crippen LogP contribution in [0.2, 0.25) is 0 Å². The zero-order chi connectivity index (χ0) is 22.1. The number of aromatic amines is 1. The number of nitrogens with one attached hydrogen (secondary N) is 1. The number of fused-ring (bicyclic) bond motifs is 3. The monoisotopic (exact) mass is 454 g/mol. The van der Waals surface area contributed by atoms with E-state index >= 15 is 0 Å². The maximum atomic E-state index is 14.0. The van der Waals surface area contributed by atoms with Crippen LogP contribution in [0.15, 0.2) is 29.1 Å². The number of thiophene rings is 1. The van der Waals surface area contributed by atoms with Gasteiger partial charge < -0.3 is 14.8 Å². The number of H-pyrrole nitrogens is 1. The molecule has 0 radical (unpaired) electrons. The molecule has 0 unspecified atom stereocenters. The number of carbonyl (C=O) groups is 1. The Balaban J connectivity index is 1.22. The zero-order valence-electron chi connectivity index (χ0n) is 18.0. The van der Waals surface area contributed by atoms with Crippen LogP contribution in [-0.2, 0) is 24.1 Å². The van der Waals surface area contributed by atoms with Crippen molar-refractivity contribution in [3.05, 3.63) is 56.7 Å². The maximum absolute atomic E-state index is 14.0. The summed E-state index contributed by atoms with van der Waals surface area (Å²) in [5, 5.41) is 0.756. The summed E-state index contributed by atoms with van der Waals surface area (Å²) in [6.45, 7) is 2.34. The number of carbonyl (C=O) groups excluding carboxylic acids is 1. The van der Waals surface area contributed by atoms with Crippen LogP contribution in [0.1, 0.15) is 41.9 Å². The number of amides is 1. The second kappa shape index (κ2) is 9.02. The molecule has 3 heterocycles. The Morgan fingerprint density at radius 3 is 2.69 bits per heavy atom. The van der Waals surface area contributed by atoms with Crippen LogP contribution >= 0.6 is 11.3 Å². The molecular formula is C24H27FN4O2S. The molecule has 1 saturated heterocycles. The highest BCUT2D eigenvalue weighted by atomic mass is 32.1. The van der Waals surface area contributed by atoms with Crippen molar-refractivity contribution in [2.45, 2.75) is 44.9 Å². The van der Waals surface area contributed by atoms with E-state index < -0.39 is 0 Å². The Labute approximate surface area is 190 Å². The third-order valence-electron chi connectivity index (χ3n) is 6.53. The second-order valence-corrected chi connectivity index (χ2v) is 9.66. The summed E-state index contributed by atoms with van der Waals surface area (Å²) in [5.41, 5.74) is 1.70. The summed E-state index contributed by atoms with van der Waals surface area (Å²) in [6.07, 6.45) is 6.21. The number of nitrogens with zero attached hydrogens (tertiary/aromatic N) is 3. The third kappa shape index (κ3) is 4.16. The van der Waals surface area contributed by atoms with Gasteiger partial charge in [-0.3, -0.25) is 9.59 Å². The SMILES string of the molecule is O=C(CCc1nc2sc3c(c2c(=O)[nH]1)CCCCC3)N1CCN(c2ccccc2F)CC1. The quantitative estimate of drug-likeness (QED) is 0.611. The van der Waals surface area contributed by atoms with Gasteiger partial charge in [-0.2, -0.15) is 0 Å². The molecule has 3 aromatic rings. The molecule has 168 valence electrons. The smallest absolute Gasteiger partial charge is 0.259 e. The van der Waals surface area contributed by atoms with Gasteiger partial charge in [0.15, 0.2) is 0 Å². The zero-order valence-corrected chi connectivity index (χ0v) is 18.8. The van der Waals surface area contributed by atoms with Gasteiger partial charge in [-0.05, 0) is 43.4 Å². The van der Waals surface area contributed by atoms with Crippen LogP contribution in [0, 0.1) is 5.82 Å². The topological polar surface area (TPSA) is 69.3 Å². The molecule has 1 aliphatic heterocycles. The molecule has 2 aromatic heterocycles. The van der Waals surface area contributed by atoms with E-state index in [1.807, 2.05) is 15.9 Å². The molecule has 1 aromatic carbocycles. The predicted molar refractivity (Wildman–Crippen MR) is 125 cm³/mol. The standard InChI is InChI=1S/C24H27FN4O2S/c25-17-7-4-5-8-18(17)28-12-14-29(15-13-28)21(30)11-10-20-26-23(31)22-16-6-2-1-3-9-19(16)32-24(22)27-20/h4-5,7-8H,1-3,6,9-15H2,(H,26,27,31). The highest BCUT2D eigenvalue weighted by Gasteiger charge is 2.23. The molecule has 0 saturated carbocycles. The van der Waals surface area contributed by atoms with E-state index in [2.05, 4.69) is 4.98 Å². The lowest BCUT2D eigenvalue weighted by Crippen LogP contribution is -2.49. The fourth-order valence-corrected chi connectivity index (χ4v) is 6.07. The lowest BCUT2D eigenvalue weighted by atomic mass is 10.1. The fraction of sp³-hybridized carbons (Fsp3) is 0.458. The molecule has 5 rings (SSSR count). The lowest BCUT2D eigenvalue weighted by Gasteiger charge is -2.36. The second-order valence-electron chi connectivity index (χ2n) is 8.58. The molecule has 32 heavy (non-hydrogen) atoms. The Morgan fingerprint density at radius 2 is 1.88 bits per heavy atom. The minimum atomic E-state index is -0.233. The van der Waals surface area contributed by atoms with E-state index in [1.54, 1.807) is 23.5 Å². The number of hydrogen-bond acceptors (Lipinski definition) is 5. The van der Waals surface area contributed by atoms with E-state index in [1.165, 1.54) is 29.3 Å². The first kappa shape index (κ1) is 21.1. The van der Waals surface area contributed by atoms with E-state index in [4.69, 9.17) is 4.98 Å². The molecule has 1 aliphatic carbocycles. The highest BCUT2D eigenvalue weighted by Crippen LogP contribution is 2.32.